The van der Waals surface area contributed by atoms with Crippen LogP contribution < -0.4 is 0 Å². The molecule has 0 fully saturated rings. The van der Waals surface area contributed by atoms with Crippen LogP contribution in [0.15, 0.2) is 46.8 Å². The maximum atomic E-state index is 4.66. The summed E-state index contributed by atoms with van der Waals surface area (Å²) in [7, 11) is 0. The van der Waals surface area contributed by atoms with Gasteiger partial charge in [-0.25, -0.2) is 4.98 Å². The molecule has 0 aliphatic heterocycles. The average Bonchev–Trinajstić information content (AvgIpc) is 2.82. The van der Waals surface area contributed by atoms with E-state index in [1.807, 2.05) is 17.8 Å². The highest BCUT2D eigenvalue weighted by molar-refractivity contribution is 8.00. The van der Waals surface area contributed by atoms with Crippen molar-refractivity contribution in [3.8, 4) is 0 Å². The van der Waals surface area contributed by atoms with E-state index in [0.717, 1.165) is 15.6 Å². The number of thioether (sulfide) groups is 1. The van der Waals surface area contributed by atoms with Crippen LogP contribution in [0.2, 0.25) is 0 Å². The molecule has 0 spiro atoms. The van der Waals surface area contributed by atoms with E-state index in [0.29, 0.717) is 0 Å². The molecule has 19 heavy (non-hydrogen) atoms. The first-order valence-corrected chi connectivity index (χ1v) is 8.07. The van der Waals surface area contributed by atoms with Crippen LogP contribution in [0.3, 0.4) is 0 Å². The van der Waals surface area contributed by atoms with Gasteiger partial charge in [0.1, 0.15) is 0 Å². The zero-order chi connectivity index (χ0) is 13.2. The largest absolute Gasteiger partial charge is 0.230 e. The van der Waals surface area contributed by atoms with Crippen LogP contribution in [0.4, 0.5) is 0 Å². The molecule has 3 heteroatoms. The van der Waals surface area contributed by atoms with E-state index in [9.17, 15) is 0 Å². The molecule has 0 bridgehead atoms. The first-order chi connectivity index (χ1) is 9.22. The molecule has 2 aromatic carbocycles. The molecule has 0 aliphatic carbocycles. The van der Waals surface area contributed by atoms with Gasteiger partial charge in [0.2, 0.25) is 0 Å². The Morgan fingerprint density at radius 1 is 1.11 bits per heavy atom. The normalized spacial score (nSPS) is 11.1. The lowest BCUT2D eigenvalue weighted by atomic mass is 10.1. The number of hydrogen-bond acceptors (Lipinski definition) is 3. The highest BCUT2D eigenvalue weighted by Gasteiger charge is 2.05. The minimum Gasteiger partial charge on any atom is -0.230 e. The van der Waals surface area contributed by atoms with E-state index in [2.05, 4.69) is 55.2 Å². The van der Waals surface area contributed by atoms with Crippen molar-refractivity contribution in [1.82, 2.24) is 4.98 Å². The second kappa shape index (κ2) is 5.35. The molecule has 96 valence electrons. The molecule has 3 rings (SSSR count). The summed E-state index contributed by atoms with van der Waals surface area (Å²) in [5.41, 5.74) is 5.20. The summed E-state index contributed by atoms with van der Waals surface area (Å²) < 4.78 is 2.42. The van der Waals surface area contributed by atoms with Crippen LogP contribution in [-0.2, 0) is 5.75 Å². The number of aryl methyl sites for hydroxylation is 2. The fourth-order valence-electron chi connectivity index (χ4n) is 2.01. The predicted octanol–water partition coefficient (Wildman–Crippen LogP) is 5.21. The summed E-state index contributed by atoms with van der Waals surface area (Å²) in [6.07, 6.45) is 0. The Morgan fingerprint density at radius 3 is 2.79 bits per heavy atom. The molecule has 0 atom stereocenters. The Labute approximate surface area is 121 Å². The Morgan fingerprint density at radius 2 is 1.95 bits per heavy atom. The van der Waals surface area contributed by atoms with Gasteiger partial charge < -0.3 is 0 Å². The van der Waals surface area contributed by atoms with Gasteiger partial charge in [0, 0.05) is 5.75 Å². The number of thiazole rings is 1. The minimum atomic E-state index is 0.993. The third-order valence-corrected chi connectivity index (χ3v) is 5.36. The minimum absolute atomic E-state index is 0.993. The molecule has 0 radical (unpaired) electrons. The van der Waals surface area contributed by atoms with Gasteiger partial charge in [0.05, 0.1) is 10.2 Å². The summed E-state index contributed by atoms with van der Waals surface area (Å²) >= 11 is 3.61. The number of nitrogens with zero attached hydrogens (tertiary/aromatic N) is 1. The van der Waals surface area contributed by atoms with E-state index in [4.69, 9.17) is 0 Å². The van der Waals surface area contributed by atoms with Crippen molar-refractivity contribution in [2.24, 2.45) is 0 Å². The highest BCUT2D eigenvalue weighted by atomic mass is 32.2. The Bertz CT molecular complexity index is 683. The van der Waals surface area contributed by atoms with Gasteiger partial charge in [-0.2, -0.15) is 0 Å². The van der Waals surface area contributed by atoms with Crippen LogP contribution in [0.25, 0.3) is 10.2 Å². The average molecular weight is 285 g/mol. The number of hydrogen-bond donors (Lipinski definition) is 0. The van der Waals surface area contributed by atoms with Gasteiger partial charge in [-0.05, 0) is 37.1 Å². The Kier molecular flexibility index (Phi) is 3.58. The monoisotopic (exact) mass is 285 g/mol. The molecule has 1 heterocycles. The molecule has 1 nitrogen and oxygen atoms in total. The Hall–Kier alpha value is -1.32. The number of aromatic nitrogens is 1. The lowest BCUT2D eigenvalue weighted by Crippen LogP contribution is -1.87. The van der Waals surface area contributed by atoms with Crippen LogP contribution in [0.5, 0.6) is 0 Å². The van der Waals surface area contributed by atoms with Crippen molar-refractivity contribution in [2.75, 3.05) is 0 Å². The third kappa shape index (κ3) is 2.82. The van der Waals surface area contributed by atoms with Gasteiger partial charge in [-0.1, -0.05) is 47.7 Å². The molecule has 1 aromatic heterocycles. The van der Waals surface area contributed by atoms with Crippen LogP contribution in [-0.4, -0.2) is 4.98 Å². The second-order valence-electron chi connectivity index (χ2n) is 4.67. The summed E-state index contributed by atoms with van der Waals surface area (Å²) in [4.78, 5) is 4.66. The topological polar surface area (TPSA) is 12.9 Å². The Balaban J connectivity index is 1.80. The van der Waals surface area contributed by atoms with Gasteiger partial charge in [-0.15, -0.1) is 11.3 Å². The molecule has 0 unspecified atom stereocenters. The zero-order valence-corrected chi connectivity index (χ0v) is 12.6. The summed E-state index contributed by atoms with van der Waals surface area (Å²) in [6.45, 7) is 4.32. The van der Waals surface area contributed by atoms with E-state index >= 15 is 0 Å². The van der Waals surface area contributed by atoms with Crippen molar-refractivity contribution < 1.29 is 0 Å². The molecule has 0 saturated heterocycles. The summed E-state index contributed by atoms with van der Waals surface area (Å²) in [5.74, 6) is 0.993. The highest BCUT2D eigenvalue weighted by Crippen LogP contribution is 2.32. The molecule has 0 aliphatic rings. The SMILES string of the molecule is Cc1ccc(C)c(CSc2nc3ccccc3s2)c1. The molecular formula is C16H15NS2. The standard InChI is InChI=1S/C16H15NS2/c1-11-7-8-12(2)13(9-11)10-18-16-17-14-5-3-4-6-15(14)19-16/h3-9H,10H2,1-2H3. The molecule has 0 saturated carbocycles. The van der Waals surface area contributed by atoms with Crippen LogP contribution in [0.1, 0.15) is 16.7 Å². The number of para-hydroxylation sites is 1. The number of fused-ring (bicyclic) bond motifs is 1. The summed E-state index contributed by atoms with van der Waals surface area (Å²) in [6, 6.07) is 15.0. The summed E-state index contributed by atoms with van der Waals surface area (Å²) in [5, 5.41) is 0. The molecule has 3 aromatic rings. The van der Waals surface area contributed by atoms with E-state index < -0.39 is 0 Å². The van der Waals surface area contributed by atoms with Crippen molar-refractivity contribution in [2.45, 2.75) is 23.9 Å². The van der Waals surface area contributed by atoms with Gasteiger partial charge in [-0.3, -0.25) is 0 Å². The zero-order valence-electron chi connectivity index (χ0n) is 11.0. The lowest BCUT2D eigenvalue weighted by Gasteiger charge is -2.05. The first kappa shape index (κ1) is 12.7. The van der Waals surface area contributed by atoms with Crippen LogP contribution in [0, 0.1) is 13.8 Å². The molecular weight excluding hydrogens is 270 g/mol. The smallest absolute Gasteiger partial charge is 0.151 e. The maximum absolute atomic E-state index is 4.66. The van der Waals surface area contributed by atoms with Crippen molar-refractivity contribution >= 4 is 33.3 Å². The number of rotatable bonds is 3. The van der Waals surface area contributed by atoms with E-state index in [1.54, 1.807) is 11.3 Å². The molecule has 0 N–H and O–H groups in total. The predicted molar refractivity (Wildman–Crippen MR) is 85.1 cm³/mol. The van der Waals surface area contributed by atoms with E-state index in [1.165, 1.54) is 21.4 Å². The maximum Gasteiger partial charge on any atom is 0.151 e. The second-order valence-corrected chi connectivity index (χ2v) is 6.92. The van der Waals surface area contributed by atoms with Crippen molar-refractivity contribution in [3.63, 3.8) is 0 Å². The quantitative estimate of drug-likeness (QED) is 0.613. The van der Waals surface area contributed by atoms with Gasteiger partial charge in [0.25, 0.3) is 0 Å². The third-order valence-electron chi connectivity index (χ3n) is 3.13. The lowest BCUT2D eigenvalue weighted by molar-refractivity contribution is 1.25. The van der Waals surface area contributed by atoms with Gasteiger partial charge >= 0.3 is 0 Å². The molecule has 0 amide bonds. The fraction of sp³-hybridized carbons (Fsp3) is 0.188. The number of benzene rings is 2. The van der Waals surface area contributed by atoms with Crippen LogP contribution >= 0.6 is 23.1 Å². The van der Waals surface area contributed by atoms with Crippen molar-refractivity contribution in [3.05, 3.63) is 59.2 Å². The first-order valence-electron chi connectivity index (χ1n) is 6.27. The van der Waals surface area contributed by atoms with Gasteiger partial charge in [0.15, 0.2) is 4.34 Å². The van der Waals surface area contributed by atoms with Crippen molar-refractivity contribution in [1.29, 1.82) is 0 Å². The van der Waals surface area contributed by atoms with E-state index in [-0.39, 0.29) is 0 Å². The fourth-order valence-corrected chi connectivity index (χ4v) is 4.14.